The highest BCUT2D eigenvalue weighted by Gasteiger charge is 1.92. The second-order valence-corrected chi connectivity index (χ2v) is 3.03. The van der Waals surface area contributed by atoms with E-state index < -0.39 is 0 Å². The van der Waals surface area contributed by atoms with Crippen molar-refractivity contribution in [3.05, 3.63) is 35.4 Å². The average molecular weight is 180 g/mol. The fourth-order valence-electron chi connectivity index (χ4n) is 1.02. The lowest BCUT2D eigenvalue weighted by Gasteiger charge is -2.03. The highest BCUT2D eigenvalue weighted by molar-refractivity contribution is 5.20. The van der Waals surface area contributed by atoms with Gasteiger partial charge in [-0.1, -0.05) is 29.8 Å². The third-order valence-electron chi connectivity index (χ3n) is 1.82. The molecule has 1 aromatic rings. The Morgan fingerprint density at radius 1 is 1.08 bits per heavy atom. The Morgan fingerprint density at radius 2 is 1.77 bits per heavy atom. The molecular weight excluding hydrogens is 164 g/mol. The monoisotopic (exact) mass is 180 g/mol. The lowest BCUT2D eigenvalue weighted by molar-refractivity contribution is 0.0616. The molecule has 0 fully saturated rings. The Bertz CT molecular complexity index is 228. The molecule has 0 atom stereocenters. The normalized spacial score (nSPS) is 10.3. The van der Waals surface area contributed by atoms with Crippen LogP contribution in [0.1, 0.15) is 11.1 Å². The van der Waals surface area contributed by atoms with E-state index in [1.807, 2.05) is 0 Å². The summed E-state index contributed by atoms with van der Waals surface area (Å²) in [7, 11) is 1.68. The van der Waals surface area contributed by atoms with Crippen molar-refractivity contribution in [1.29, 1.82) is 0 Å². The van der Waals surface area contributed by atoms with Crippen molar-refractivity contribution in [2.45, 2.75) is 13.5 Å². The van der Waals surface area contributed by atoms with E-state index in [2.05, 4.69) is 31.2 Å². The largest absolute Gasteiger partial charge is 0.382 e. The number of rotatable bonds is 5. The predicted octanol–water partition coefficient (Wildman–Crippen LogP) is 2.16. The zero-order chi connectivity index (χ0) is 9.52. The molecule has 0 heterocycles. The second-order valence-electron chi connectivity index (χ2n) is 3.03. The molecule has 72 valence electrons. The highest BCUT2D eigenvalue weighted by atomic mass is 16.5. The summed E-state index contributed by atoms with van der Waals surface area (Å²) in [4.78, 5) is 0. The molecule has 13 heavy (non-hydrogen) atoms. The molecular formula is C11H16O2. The maximum atomic E-state index is 5.37. The smallest absolute Gasteiger partial charge is 0.0718 e. The fraction of sp³-hybridized carbons (Fsp3) is 0.455. The molecule has 0 radical (unpaired) electrons. The number of hydrogen-bond donors (Lipinski definition) is 0. The number of hydrogen-bond acceptors (Lipinski definition) is 2. The van der Waals surface area contributed by atoms with Crippen LogP contribution in [-0.4, -0.2) is 20.3 Å². The van der Waals surface area contributed by atoms with Gasteiger partial charge in [-0.3, -0.25) is 0 Å². The molecule has 2 heteroatoms. The maximum Gasteiger partial charge on any atom is 0.0718 e. The van der Waals surface area contributed by atoms with E-state index in [1.165, 1.54) is 11.1 Å². The molecule has 0 aliphatic rings. The summed E-state index contributed by atoms with van der Waals surface area (Å²) >= 11 is 0. The molecule has 2 nitrogen and oxygen atoms in total. The minimum absolute atomic E-state index is 0.657. The van der Waals surface area contributed by atoms with Crippen LogP contribution < -0.4 is 0 Å². The van der Waals surface area contributed by atoms with E-state index in [4.69, 9.17) is 9.47 Å². The second kappa shape index (κ2) is 5.73. The molecule has 0 bridgehead atoms. The lowest BCUT2D eigenvalue weighted by atomic mass is 10.2. The van der Waals surface area contributed by atoms with E-state index in [-0.39, 0.29) is 0 Å². The molecule has 0 aliphatic carbocycles. The topological polar surface area (TPSA) is 18.5 Å². The van der Waals surface area contributed by atoms with E-state index in [0.29, 0.717) is 19.8 Å². The van der Waals surface area contributed by atoms with Gasteiger partial charge in [-0.15, -0.1) is 0 Å². The van der Waals surface area contributed by atoms with Crippen LogP contribution in [0.25, 0.3) is 0 Å². The first-order valence-corrected chi connectivity index (χ1v) is 4.45. The van der Waals surface area contributed by atoms with Gasteiger partial charge in [0, 0.05) is 7.11 Å². The maximum absolute atomic E-state index is 5.37. The first-order chi connectivity index (χ1) is 6.33. The number of methoxy groups -OCH3 is 1. The van der Waals surface area contributed by atoms with Gasteiger partial charge < -0.3 is 9.47 Å². The molecule has 0 N–H and O–H groups in total. The Kier molecular flexibility index (Phi) is 4.50. The number of ether oxygens (including phenoxy) is 2. The third kappa shape index (κ3) is 4.06. The van der Waals surface area contributed by atoms with Gasteiger partial charge in [0.25, 0.3) is 0 Å². The van der Waals surface area contributed by atoms with Crippen LogP contribution in [0.2, 0.25) is 0 Å². The number of aryl methyl sites for hydroxylation is 1. The fourth-order valence-corrected chi connectivity index (χ4v) is 1.02. The Labute approximate surface area is 79.5 Å². The van der Waals surface area contributed by atoms with Gasteiger partial charge in [0.15, 0.2) is 0 Å². The predicted molar refractivity (Wildman–Crippen MR) is 52.7 cm³/mol. The van der Waals surface area contributed by atoms with Crippen molar-refractivity contribution in [1.82, 2.24) is 0 Å². The van der Waals surface area contributed by atoms with Crippen LogP contribution in [0.15, 0.2) is 24.3 Å². The first-order valence-electron chi connectivity index (χ1n) is 4.45. The van der Waals surface area contributed by atoms with E-state index in [0.717, 1.165) is 0 Å². The first kappa shape index (κ1) is 10.2. The van der Waals surface area contributed by atoms with Crippen molar-refractivity contribution in [2.24, 2.45) is 0 Å². The summed E-state index contributed by atoms with van der Waals surface area (Å²) in [5.41, 5.74) is 2.49. The van der Waals surface area contributed by atoms with Crippen LogP contribution in [-0.2, 0) is 16.1 Å². The van der Waals surface area contributed by atoms with E-state index in [9.17, 15) is 0 Å². The van der Waals surface area contributed by atoms with Crippen LogP contribution in [0.3, 0.4) is 0 Å². The van der Waals surface area contributed by atoms with Crippen molar-refractivity contribution in [3.8, 4) is 0 Å². The molecule has 0 unspecified atom stereocenters. The van der Waals surface area contributed by atoms with Gasteiger partial charge in [-0.2, -0.15) is 0 Å². The molecule has 0 aliphatic heterocycles. The highest BCUT2D eigenvalue weighted by Crippen LogP contribution is 2.03. The van der Waals surface area contributed by atoms with Crippen molar-refractivity contribution in [2.75, 3.05) is 20.3 Å². The Morgan fingerprint density at radius 3 is 2.38 bits per heavy atom. The quantitative estimate of drug-likeness (QED) is 0.646. The SMILES string of the molecule is COCCOCc1ccc(C)cc1. The van der Waals surface area contributed by atoms with Crippen LogP contribution >= 0.6 is 0 Å². The summed E-state index contributed by atoms with van der Waals surface area (Å²) in [6, 6.07) is 8.36. The minimum Gasteiger partial charge on any atom is -0.382 e. The van der Waals surface area contributed by atoms with Gasteiger partial charge in [0.1, 0.15) is 0 Å². The van der Waals surface area contributed by atoms with Crippen LogP contribution in [0, 0.1) is 6.92 Å². The lowest BCUT2D eigenvalue weighted by Crippen LogP contribution is -2.01. The average Bonchev–Trinajstić information content (AvgIpc) is 2.15. The van der Waals surface area contributed by atoms with Gasteiger partial charge in [-0.05, 0) is 12.5 Å². The molecule has 1 aromatic carbocycles. The summed E-state index contributed by atoms with van der Waals surface area (Å²) in [5, 5.41) is 0. The molecule has 1 rings (SSSR count). The van der Waals surface area contributed by atoms with Crippen LogP contribution in [0.5, 0.6) is 0 Å². The number of benzene rings is 1. The minimum atomic E-state index is 0.657. The van der Waals surface area contributed by atoms with Gasteiger partial charge in [-0.25, -0.2) is 0 Å². The van der Waals surface area contributed by atoms with E-state index in [1.54, 1.807) is 7.11 Å². The van der Waals surface area contributed by atoms with Gasteiger partial charge >= 0.3 is 0 Å². The summed E-state index contributed by atoms with van der Waals surface area (Å²) in [6.45, 7) is 4.06. The summed E-state index contributed by atoms with van der Waals surface area (Å²) in [6.07, 6.45) is 0. The Balaban J connectivity index is 2.25. The van der Waals surface area contributed by atoms with Gasteiger partial charge in [0.05, 0.1) is 19.8 Å². The van der Waals surface area contributed by atoms with E-state index >= 15 is 0 Å². The zero-order valence-electron chi connectivity index (χ0n) is 8.25. The molecule has 0 saturated heterocycles. The molecule has 0 saturated carbocycles. The third-order valence-corrected chi connectivity index (χ3v) is 1.82. The molecule has 0 spiro atoms. The molecule has 0 amide bonds. The summed E-state index contributed by atoms with van der Waals surface area (Å²) in [5.74, 6) is 0. The summed E-state index contributed by atoms with van der Waals surface area (Å²) < 4.78 is 10.2. The molecule has 0 aromatic heterocycles. The van der Waals surface area contributed by atoms with Gasteiger partial charge in [0.2, 0.25) is 0 Å². The Hall–Kier alpha value is -0.860. The zero-order valence-corrected chi connectivity index (χ0v) is 8.25. The van der Waals surface area contributed by atoms with Crippen molar-refractivity contribution in [3.63, 3.8) is 0 Å². The van der Waals surface area contributed by atoms with Crippen LogP contribution in [0.4, 0.5) is 0 Å². The van der Waals surface area contributed by atoms with Crippen molar-refractivity contribution >= 4 is 0 Å². The standard InChI is InChI=1S/C11H16O2/c1-10-3-5-11(6-4-10)9-13-8-7-12-2/h3-6H,7-9H2,1-2H3. The van der Waals surface area contributed by atoms with Crippen molar-refractivity contribution < 1.29 is 9.47 Å².